The van der Waals surface area contributed by atoms with Crippen LogP contribution in [0.2, 0.25) is 0 Å². The van der Waals surface area contributed by atoms with Crippen molar-refractivity contribution in [2.24, 2.45) is 5.73 Å². The standard InChI is InChI=1S/C33H40N4O3/c1-6-24-14-13-19-28(20-24)35(32(34)40)30-22-27(25-15-9-7-10-16-25)21-29(26-17-11-8-12-18-26)36(31(30)39)37(23(2)38)33(3,4)5/h7-20,27,29-30H,6,21-22H2,1-5H3,(H2,34,40). The lowest BCUT2D eigenvalue weighted by Crippen LogP contribution is -2.62. The second kappa shape index (κ2) is 11.9. The molecule has 0 radical (unpaired) electrons. The molecule has 4 amide bonds. The van der Waals surface area contributed by atoms with Crippen molar-refractivity contribution >= 4 is 23.5 Å². The second-order valence-corrected chi connectivity index (χ2v) is 11.4. The number of hydrogen-bond donors (Lipinski definition) is 1. The molecular weight excluding hydrogens is 500 g/mol. The van der Waals surface area contributed by atoms with E-state index in [0.717, 1.165) is 23.1 Å². The van der Waals surface area contributed by atoms with Crippen molar-refractivity contribution in [3.8, 4) is 0 Å². The molecule has 0 spiro atoms. The van der Waals surface area contributed by atoms with Gasteiger partial charge in [-0.2, -0.15) is 0 Å². The Morgan fingerprint density at radius 2 is 1.50 bits per heavy atom. The number of nitrogens with zero attached hydrogens (tertiary/aromatic N) is 3. The fourth-order valence-corrected chi connectivity index (χ4v) is 5.88. The van der Waals surface area contributed by atoms with Gasteiger partial charge < -0.3 is 5.73 Å². The van der Waals surface area contributed by atoms with Gasteiger partial charge in [-0.3, -0.25) is 14.5 Å². The minimum atomic E-state index is -0.923. The highest BCUT2D eigenvalue weighted by Crippen LogP contribution is 2.43. The van der Waals surface area contributed by atoms with Crippen LogP contribution >= 0.6 is 0 Å². The van der Waals surface area contributed by atoms with Gasteiger partial charge >= 0.3 is 6.03 Å². The predicted molar refractivity (Wildman–Crippen MR) is 158 cm³/mol. The minimum Gasteiger partial charge on any atom is -0.351 e. The fourth-order valence-electron chi connectivity index (χ4n) is 5.88. The second-order valence-electron chi connectivity index (χ2n) is 11.4. The fraction of sp³-hybridized carbons (Fsp3) is 0.364. The molecule has 1 fully saturated rings. The zero-order valence-electron chi connectivity index (χ0n) is 24.1. The molecule has 3 aromatic rings. The number of anilines is 1. The number of primary amides is 1. The van der Waals surface area contributed by atoms with E-state index in [1.54, 1.807) is 10.0 Å². The monoisotopic (exact) mass is 540 g/mol. The van der Waals surface area contributed by atoms with E-state index in [1.165, 1.54) is 11.8 Å². The molecule has 1 saturated heterocycles. The Morgan fingerprint density at radius 1 is 0.900 bits per heavy atom. The first kappa shape index (κ1) is 28.9. The van der Waals surface area contributed by atoms with Crippen LogP contribution in [0.15, 0.2) is 84.9 Å². The van der Waals surface area contributed by atoms with Crippen LogP contribution < -0.4 is 10.6 Å². The van der Waals surface area contributed by atoms with Crippen molar-refractivity contribution in [2.45, 2.75) is 77.4 Å². The maximum atomic E-state index is 14.9. The van der Waals surface area contributed by atoms with Gasteiger partial charge in [0, 0.05) is 12.6 Å². The van der Waals surface area contributed by atoms with Crippen molar-refractivity contribution in [3.05, 3.63) is 102 Å². The molecule has 0 aromatic heterocycles. The Labute approximate surface area is 237 Å². The van der Waals surface area contributed by atoms with Crippen molar-refractivity contribution < 1.29 is 14.4 Å². The quantitative estimate of drug-likeness (QED) is 0.403. The van der Waals surface area contributed by atoms with Crippen LogP contribution in [0, 0.1) is 0 Å². The Balaban J connectivity index is 1.96. The number of rotatable bonds is 6. The summed E-state index contributed by atoms with van der Waals surface area (Å²) in [5.41, 5.74) is 8.93. The Hall–Kier alpha value is -4.13. The molecular formula is C33H40N4O3. The molecule has 4 rings (SSSR count). The number of carbonyl (C=O) groups excluding carboxylic acids is 3. The Kier molecular flexibility index (Phi) is 8.62. The largest absolute Gasteiger partial charge is 0.351 e. The summed E-state index contributed by atoms with van der Waals surface area (Å²) in [4.78, 5) is 42.7. The van der Waals surface area contributed by atoms with Crippen molar-refractivity contribution in [2.75, 3.05) is 4.90 Å². The Bertz CT molecular complexity index is 1340. The molecule has 0 saturated carbocycles. The van der Waals surface area contributed by atoms with Crippen molar-refractivity contribution in [1.29, 1.82) is 0 Å². The zero-order valence-corrected chi connectivity index (χ0v) is 24.1. The predicted octanol–water partition coefficient (Wildman–Crippen LogP) is 6.21. The Morgan fingerprint density at radius 3 is 2.02 bits per heavy atom. The van der Waals surface area contributed by atoms with E-state index in [1.807, 2.05) is 100 Å². The molecule has 7 heteroatoms. The maximum Gasteiger partial charge on any atom is 0.320 e. The molecule has 1 aliphatic heterocycles. The first-order valence-corrected chi connectivity index (χ1v) is 13.9. The van der Waals surface area contributed by atoms with Crippen LogP contribution in [0.4, 0.5) is 10.5 Å². The average Bonchev–Trinajstić information content (AvgIpc) is 3.06. The summed E-state index contributed by atoms with van der Waals surface area (Å²) in [7, 11) is 0. The number of nitrogens with two attached hydrogens (primary N) is 1. The first-order valence-electron chi connectivity index (χ1n) is 13.9. The molecule has 3 atom stereocenters. The number of urea groups is 1. The summed E-state index contributed by atoms with van der Waals surface area (Å²) in [5, 5.41) is 3.15. The molecule has 0 bridgehead atoms. The van der Waals surface area contributed by atoms with Gasteiger partial charge in [0.1, 0.15) is 6.04 Å². The first-order chi connectivity index (χ1) is 19.0. The van der Waals surface area contributed by atoms with Crippen LogP contribution in [0.3, 0.4) is 0 Å². The van der Waals surface area contributed by atoms with E-state index in [2.05, 4.69) is 12.1 Å². The van der Waals surface area contributed by atoms with Gasteiger partial charge in [0.25, 0.3) is 5.91 Å². The highest BCUT2D eigenvalue weighted by Gasteiger charge is 2.47. The van der Waals surface area contributed by atoms with Gasteiger partial charge in [0.15, 0.2) is 0 Å². The summed E-state index contributed by atoms with van der Waals surface area (Å²) in [6, 6.07) is 25.4. The molecule has 3 unspecified atom stereocenters. The highest BCUT2D eigenvalue weighted by atomic mass is 16.2. The van der Waals surface area contributed by atoms with Gasteiger partial charge in [-0.05, 0) is 74.8 Å². The number of amides is 4. The molecule has 1 heterocycles. The third-order valence-electron chi connectivity index (χ3n) is 7.57. The van der Waals surface area contributed by atoms with Crippen LogP contribution in [0.25, 0.3) is 0 Å². The van der Waals surface area contributed by atoms with Gasteiger partial charge in [-0.15, -0.1) is 0 Å². The van der Waals surface area contributed by atoms with Crippen LogP contribution in [-0.4, -0.2) is 39.4 Å². The summed E-state index contributed by atoms with van der Waals surface area (Å²) >= 11 is 0. The molecule has 3 aromatic carbocycles. The lowest BCUT2D eigenvalue weighted by atomic mass is 9.86. The van der Waals surface area contributed by atoms with E-state index in [-0.39, 0.29) is 17.7 Å². The minimum absolute atomic E-state index is 0.0876. The summed E-state index contributed by atoms with van der Waals surface area (Å²) in [5.74, 6) is -0.675. The molecule has 7 nitrogen and oxygen atoms in total. The van der Waals surface area contributed by atoms with Gasteiger partial charge in [-0.1, -0.05) is 79.7 Å². The number of aryl methyl sites for hydroxylation is 1. The maximum absolute atomic E-state index is 14.9. The number of hydrazine groups is 1. The van der Waals surface area contributed by atoms with Crippen LogP contribution in [0.5, 0.6) is 0 Å². The van der Waals surface area contributed by atoms with Crippen molar-refractivity contribution in [3.63, 3.8) is 0 Å². The molecule has 40 heavy (non-hydrogen) atoms. The molecule has 210 valence electrons. The summed E-state index contributed by atoms with van der Waals surface area (Å²) in [6.45, 7) is 9.25. The van der Waals surface area contributed by atoms with Crippen LogP contribution in [-0.2, 0) is 16.0 Å². The molecule has 1 aliphatic rings. The molecule has 0 aliphatic carbocycles. The normalized spacial score (nSPS) is 19.6. The van der Waals surface area contributed by atoms with E-state index in [4.69, 9.17) is 5.73 Å². The van der Waals surface area contributed by atoms with E-state index in [0.29, 0.717) is 18.5 Å². The lowest BCUT2D eigenvalue weighted by Gasteiger charge is -2.47. The lowest BCUT2D eigenvalue weighted by molar-refractivity contribution is -0.181. The zero-order chi connectivity index (χ0) is 29.0. The number of benzene rings is 3. The van der Waals surface area contributed by atoms with Crippen molar-refractivity contribution in [1.82, 2.24) is 10.0 Å². The van der Waals surface area contributed by atoms with Gasteiger partial charge in [-0.25, -0.2) is 14.8 Å². The third-order valence-corrected chi connectivity index (χ3v) is 7.57. The van der Waals surface area contributed by atoms with E-state index < -0.39 is 23.7 Å². The smallest absolute Gasteiger partial charge is 0.320 e. The highest BCUT2D eigenvalue weighted by molar-refractivity contribution is 6.00. The topological polar surface area (TPSA) is 86.9 Å². The molecule has 2 N–H and O–H groups in total. The summed E-state index contributed by atoms with van der Waals surface area (Å²) in [6.07, 6.45) is 1.70. The SMILES string of the molecule is CCc1cccc(N(C(N)=O)C2CC(c3ccccc3)CC(c3ccccc3)N(N(C(C)=O)C(C)(C)C)C2=O)c1. The summed E-state index contributed by atoms with van der Waals surface area (Å²) < 4.78 is 0. The van der Waals surface area contributed by atoms with E-state index in [9.17, 15) is 14.4 Å². The van der Waals surface area contributed by atoms with E-state index >= 15 is 0 Å². The van der Waals surface area contributed by atoms with Gasteiger partial charge in [0.05, 0.1) is 11.6 Å². The average molecular weight is 541 g/mol. The number of hydrogen-bond acceptors (Lipinski definition) is 3. The van der Waals surface area contributed by atoms with Crippen LogP contribution in [0.1, 0.15) is 76.1 Å². The van der Waals surface area contributed by atoms with Gasteiger partial charge in [0.2, 0.25) is 5.91 Å². The third kappa shape index (κ3) is 6.03. The number of carbonyl (C=O) groups is 3.